The molecule has 0 unspecified atom stereocenters. The summed E-state index contributed by atoms with van der Waals surface area (Å²) in [4.78, 5) is 25.0. The van der Waals surface area contributed by atoms with Crippen LogP contribution in [0, 0.1) is 5.82 Å². The molecule has 1 aliphatic heterocycles. The van der Waals surface area contributed by atoms with Crippen molar-refractivity contribution in [2.24, 2.45) is 0 Å². The molecule has 32 heavy (non-hydrogen) atoms. The molecule has 1 saturated heterocycles. The van der Waals surface area contributed by atoms with Crippen LogP contribution < -0.4 is 11.1 Å². The third-order valence-corrected chi connectivity index (χ3v) is 5.95. The molecule has 7 nitrogen and oxygen atoms in total. The largest absolute Gasteiger partial charge is 0.384 e. The summed E-state index contributed by atoms with van der Waals surface area (Å²) >= 11 is 0. The lowest BCUT2D eigenvalue weighted by molar-refractivity contribution is 0.0949. The number of nitrogens with zero attached hydrogens (tertiary/aromatic N) is 4. The molecule has 1 fully saturated rings. The highest BCUT2D eigenvalue weighted by atomic mass is 19.1. The summed E-state index contributed by atoms with van der Waals surface area (Å²) in [6, 6.07) is 13.5. The van der Waals surface area contributed by atoms with Crippen molar-refractivity contribution in [3.05, 3.63) is 59.9 Å². The van der Waals surface area contributed by atoms with Gasteiger partial charge in [-0.25, -0.2) is 14.4 Å². The van der Waals surface area contributed by atoms with E-state index in [2.05, 4.69) is 10.2 Å². The topological polar surface area (TPSA) is 89.1 Å². The molecule has 8 heteroatoms. The quantitative estimate of drug-likeness (QED) is 0.504. The van der Waals surface area contributed by atoms with Gasteiger partial charge in [-0.2, -0.15) is 0 Å². The fourth-order valence-electron chi connectivity index (χ4n) is 4.36. The van der Waals surface area contributed by atoms with Crippen LogP contribution in [0.25, 0.3) is 27.9 Å². The molecule has 4 aromatic rings. The highest BCUT2D eigenvalue weighted by Crippen LogP contribution is 2.31. The minimum atomic E-state index is -0.398. The third-order valence-electron chi connectivity index (χ3n) is 5.95. The van der Waals surface area contributed by atoms with Crippen molar-refractivity contribution in [3.8, 4) is 5.69 Å². The number of aromatic nitrogens is 3. The fraction of sp³-hybridized carbons (Fsp3) is 0.292. The van der Waals surface area contributed by atoms with Gasteiger partial charge in [-0.3, -0.25) is 9.36 Å². The van der Waals surface area contributed by atoms with Crippen LogP contribution >= 0.6 is 0 Å². The molecule has 0 spiro atoms. The summed E-state index contributed by atoms with van der Waals surface area (Å²) < 4.78 is 15.6. The number of rotatable bonds is 5. The molecule has 0 saturated carbocycles. The molecular formula is C24H25FN6O. The number of hydrogen-bond acceptors (Lipinski definition) is 5. The number of para-hydroxylation sites is 2. The molecular weight excluding hydrogens is 407 g/mol. The van der Waals surface area contributed by atoms with Crippen LogP contribution in [-0.4, -0.2) is 51.5 Å². The van der Waals surface area contributed by atoms with Gasteiger partial charge in [0.1, 0.15) is 22.7 Å². The lowest BCUT2D eigenvalue weighted by atomic mass is 10.1. The molecule has 5 rings (SSSR count). The van der Waals surface area contributed by atoms with E-state index in [-0.39, 0.29) is 17.3 Å². The van der Waals surface area contributed by atoms with E-state index in [1.807, 2.05) is 24.3 Å². The van der Waals surface area contributed by atoms with Crippen molar-refractivity contribution in [1.82, 2.24) is 24.8 Å². The summed E-state index contributed by atoms with van der Waals surface area (Å²) in [7, 11) is 0. The highest BCUT2D eigenvalue weighted by molar-refractivity contribution is 6.11. The summed E-state index contributed by atoms with van der Waals surface area (Å²) in [6.45, 7) is 3.44. The Morgan fingerprint density at radius 1 is 1.03 bits per heavy atom. The first-order chi connectivity index (χ1) is 15.6. The number of amides is 1. The van der Waals surface area contributed by atoms with E-state index >= 15 is 0 Å². The lowest BCUT2D eigenvalue weighted by Crippen LogP contribution is -2.37. The van der Waals surface area contributed by atoms with Crippen LogP contribution in [-0.2, 0) is 0 Å². The van der Waals surface area contributed by atoms with Gasteiger partial charge in [0.05, 0.1) is 16.7 Å². The summed E-state index contributed by atoms with van der Waals surface area (Å²) in [5, 5.41) is 2.99. The smallest absolute Gasteiger partial charge is 0.257 e. The summed E-state index contributed by atoms with van der Waals surface area (Å²) in [5.41, 5.74) is 9.39. The zero-order valence-corrected chi connectivity index (χ0v) is 17.7. The van der Waals surface area contributed by atoms with E-state index in [4.69, 9.17) is 15.7 Å². The molecule has 164 valence electrons. The molecule has 1 aliphatic rings. The molecule has 3 N–H and O–H groups in total. The SMILES string of the molecule is Nc1c(C(=O)NCCN2CCCCC2)c2nc3ccccc3nc2n1-c1cccc(F)c1. The standard InChI is InChI=1S/C24H25FN6O/c25-16-7-6-8-17(15-16)31-22(26)20(24(32)27-11-14-30-12-4-1-5-13-30)21-23(31)29-19-10-3-2-9-18(19)28-21/h2-3,6-10,15H,1,4-5,11-14,26H2,(H,27,32). The summed E-state index contributed by atoms with van der Waals surface area (Å²) in [5.74, 6) is -0.509. The average molecular weight is 433 g/mol. The van der Waals surface area contributed by atoms with Crippen molar-refractivity contribution >= 4 is 33.9 Å². The molecule has 0 radical (unpaired) electrons. The molecule has 0 bridgehead atoms. The number of nitrogens with two attached hydrogens (primary N) is 1. The van der Waals surface area contributed by atoms with Crippen molar-refractivity contribution in [3.63, 3.8) is 0 Å². The Morgan fingerprint density at radius 3 is 2.53 bits per heavy atom. The molecule has 3 heterocycles. The van der Waals surface area contributed by atoms with Crippen LogP contribution in [0.5, 0.6) is 0 Å². The normalized spacial score (nSPS) is 14.8. The number of piperidine rings is 1. The first-order valence-corrected chi connectivity index (χ1v) is 10.9. The minimum Gasteiger partial charge on any atom is -0.384 e. The third kappa shape index (κ3) is 3.78. The van der Waals surface area contributed by atoms with Gasteiger partial charge in [0.2, 0.25) is 0 Å². The van der Waals surface area contributed by atoms with Gasteiger partial charge in [0, 0.05) is 13.1 Å². The average Bonchev–Trinajstić information content (AvgIpc) is 3.08. The minimum absolute atomic E-state index is 0.191. The van der Waals surface area contributed by atoms with E-state index in [1.54, 1.807) is 16.7 Å². The number of anilines is 1. The Bertz CT molecular complexity index is 1290. The maximum absolute atomic E-state index is 14.0. The number of nitrogens with one attached hydrogen (secondary N) is 1. The second-order valence-electron chi connectivity index (χ2n) is 8.12. The monoisotopic (exact) mass is 432 g/mol. The Hall–Kier alpha value is -3.52. The predicted molar refractivity (Wildman–Crippen MR) is 123 cm³/mol. The van der Waals surface area contributed by atoms with Gasteiger partial charge in [-0.15, -0.1) is 0 Å². The lowest BCUT2D eigenvalue weighted by Gasteiger charge is -2.26. The molecule has 2 aromatic carbocycles. The van der Waals surface area contributed by atoms with Crippen molar-refractivity contribution in [1.29, 1.82) is 0 Å². The Balaban J connectivity index is 1.55. The number of fused-ring (bicyclic) bond motifs is 2. The Kier molecular flexibility index (Phi) is 5.45. The number of nitrogen functional groups attached to an aromatic ring is 1. The van der Waals surface area contributed by atoms with Crippen LogP contribution in [0.4, 0.5) is 10.2 Å². The zero-order valence-electron chi connectivity index (χ0n) is 17.7. The van der Waals surface area contributed by atoms with Crippen LogP contribution in [0.2, 0.25) is 0 Å². The van der Waals surface area contributed by atoms with Crippen molar-refractivity contribution < 1.29 is 9.18 Å². The molecule has 1 amide bonds. The number of likely N-dealkylation sites (tertiary alicyclic amines) is 1. The molecule has 0 aliphatic carbocycles. The predicted octanol–water partition coefficient (Wildman–Crippen LogP) is 3.51. The van der Waals surface area contributed by atoms with E-state index in [0.29, 0.717) is 34.4 Å². The van der Waals surface area contributed by atoms with E-state index < -0.39 is 5.82 Å². The maximum atomic E-state index is 14.0. The van der Waals surface area contributed by atoms with Gasteiger partial charge < -0.3 is 16.0 Å². The van der Waals surface area contributed by atoms with Crippen LogP contribution in [0.3, 0.4) is 0 Å². The molecule has 0 atom stereocenters. The number of benzene rings is 2. The van der Waals surface area contributed by atoms with Crippen LogP contribution in [0.1, 0.15) is 29.6 Å². The first-order valence-electron chi connectivity index (χ1n) is 10.9. The van der Waals surface area contributed by atoms with Crippen molar-refractivity contribution in [2.75, 3.05) is 31.9 Å². The number of halogens is 1. The van der Waals surface area contributed by atoms with Gasteiger partial charge in [0.25, 0.3) is 5.91 Å². The number of carbonyl (C=O) groups excluding carboxylic acids is 1. The van der Waals surface area contributed by atoms with Gasteiger partial charge >= 0.3 is 0 Å². The van der Waals surface area contributed by atoms with E-state index in [9.17, 15) is 9.18 Å². The second kappa shape index (κ2) is 8.55. The first kappa shape index (κ1) is 20.4. The van der Waals surface area contributed by atoms with Gasteiger partial charge in [-0.1, -0.05) is 24.6 Å². The number of carbonyl (C=O) groups is 1. The fourth-order valence-corrected chi connectivity index (χ4v) is 4.36. The maximum Gasteiger partial charge on any atom is 0.257 e. The summed E-state index contributed by atoms with van der Waals surface area (Å²) in [6.07, 6.45) is 3.67. The van der Waals surface area contributed by atoms with Gasteiger partial charge in [-0.05, 0) is 56.3 Å². The number of hydrogen-bond donors (Lipinski definition) is 2. The molecule has 2 aromatic heterocycles. The van der Waals surface area contributed by atoms with Crippen molar-refractivity contribution in [2.45, 2.75) is 19.3 Å². The van der Waals surface area contributed by atoms with E-state index in [0.717, 1.165) is 19.6 Å². The Morgan fingerprint density at radius 2 is 1.78 bits per heavy atom. The second-order valence-corrected chi connectivity index (χ2v) is 8.12. The Labute approximate surface area is 185 Å². The van der Waals surface area contributed by atoms with E-state index in [1.165, 1.54) is 31.4 Å². The van der Waals surface area contributed by atoms with Gasteiger partial charge in [0.15, 0.2) is 5.65 Å². The zero-order chi connectivity index (χ0) is 22.1. The highest BCUT2D eigenvalue weighted by Gasteiger charge is 2.25. The van der Waals surface area contributed by atoms with Crippen LogP contribution in [0.15, 0.2) is 48.5 Å².